The van der Waals surface area contributed by atoms with E-state index in [-0.39, 0.29) is 22.4 Å². The number of amides is 1. The fourth-order valence-electron chi connectivity index (χ4n) is 3.66. The van der Waals surface area contributed by atoms with Gasteiger partial charge in [0.05, 0.1) is 10.3 Å². The van der Waals surface area contributed by atoms with Crippen molar-refractivity contribution in [1.82, 2.24) is 5.32 Å². The Morgan fingerprint density at radius 1 is 1.26 bits per heavy atom. The smallest absolute Gasteiger partial charge is 0.272 e. The lowest BCUT2D eigenvalue weighted by Crippen LogP contribution is -2.31. The van der Waals surface area contributed by atoms with Crippen LogP contribution in [0.5, 0.6) is 0 Å². The Kier molecular flexibility index (Phi) is 2.77. The van der Waals surface area contributed by atoms with Crippen LogP contribution in [0.15, 0.2) is 24.3 Å². The minimum absolute atomic E-state index is 0.0656. The van der Waals surface area contributed by atoms with Gasteiger partial charge in [-0.15, -0.1) is 0 Å². The van der Waals surface area contributed by atoms with Gasteiger partial charge in [-0.1, -0.05) is 31.0 Å². The zero-order valence-corrected chi connectivity index (χ0v) is 10.6. The van der Waals surface area contributed by atoms with Crippen molar-refractivity contribution in [1.29, 1.82) is 0 Å². The van der Waals surface area contributed by atoms with Crippen LogP contribution < -0.4 is 5.32 Å². The number of nitro groups is 1. The van der Waals surface area contributed by atoms with Crippen molar-refractivity contribution < 1.29 is 9.72 Å². The average molecular weight is 260 g/mol. The number of nitro benzene ring substituents is 1. The highest BCUT2D eigenvalue weighted by Gasteiger charge is 2.53. The zero-order valence-electron chi connectivity index (χ0n) is 10.6. The summed E-state index contributed by atoms with van der Waals surface area (Å²) in [5, 5.41) is 14.1. The van der Waals surface area contributed by atoms with Gasteiger partial charge >= 0.3 is 0 Å². The Hall–Kier alpha value is -1.91. The Bertz CT molecular complexity index is 535. The van der Waals surface area contributed by atoms with Gasteiger partial charge in [0.1, 0.15) is 0 Å². The highest BCUT2D eigenvalue weighted by atomic mass is 16.6. The van der Waals surface area contributed by atoms with Crippen LogP contribution in [-0.4, -0.2) is 17.4 Å². The minimum atomic E-state index is -0.411. The molecule has 0 radical (unpaired) electrons. The van der Waals surface area contributed by atoms with Gasteiger partial charge in [-0.3, -0.25) is 14.9 Å². The molecule has 19 heavy (non-hydrogen) atoms. The molecule has 1 aliphatic heterocycles. The molecule has 1 aromatic carbocycles. The zero-order chi connectivity index (χ0) is 13.5. The molecule has 5 nitrogen and oxygen atoms in total. The summed E-state index contributed by atoms with van der Waals surface area (Å²) in [6.07, 6.45) is 3.75. The van der Waals surface area contributed by atoms with Gasteiger partial charge in [-0.2, -0.15) is 0 Å². The highest BCUT2D eigenvalue weighted by molar-refractivity contribution is 5.87. The van der Waals surface area contributed by atoms with Gasteiger partial charge < -0.3 is 5.32 Å². The van der Waals surface area contributed by atoms with Crippen molar-refractivity contribution in [3.8, 4) is 0 Å². The third-order valence-electron chi connectivity index (χ3n) is 4.59. The molecule has 1 spiro atoms. The molecular formula is C14H16N2O3. The molecule has 1 aliphatic carbocycles. The predicted octanol–water partition coefficient (Wildman–Crippen LogP) is 2.37. The lowest BCUT2D eigenvalue weighted by molar-refractivity contribution is -0.385. The standard InChI is InChI=1S/C14H16N2O3/c17-13-14(7-3-4-8-14)11(9-15-13)10-5-1-2-6-12(10)16(18)19/h1-2,5-6,11H,3-4,7-9H2,(H,15,17)/t11-/m1/s1. The van der Waals surface area contributed by atoms with Gasteiger partial charge in [-0.05, 0) is 12.8 Å². The summed E-state index contributed by atoms with van der Waals surface area (Å²) in [7, 11) is 0. The molecule has 1 saturated carbocycles. The molecule has 1 saturated heterocycles. The van der Waals surface area contributed by atoms with Gasteiger partial charge in [0.2, 0.25) is 5.91 Å². The van der Waals surface area contributed by atoms with Crippen molar-refractivity contribution in [2.75, 3.05) is 6.54 Å². The van der Waals surface area contributed by atoms with Crippen molar-refractivity contribution in [2.24, 2.45) is 5.41 Å². The maximum absolute atomic E-state index is 12.2. The van der Waals surface area contributed by atoms with Crippen LogP contribution in [-0.2, 0) is 4.79 Å². The summed E-state index contributed by atoms with van der Waals surface area (Å²) in [5.74, 6) is 0.0113. The Labute approximate surface area is 111 Å². The number of para-hydroxylation sites is 1. The maximum atomic E-state index is 12.2. The SMILES string of the molecule is O=C1NC[C@H](c2ccccc2[N+](=O)[O-])C12CCCC2. The summed E-state index contributed by atoms with van der Waals surface area (Å²) < 4.78 is 0. The van der Waals surface area contributed by atoms with Gasteiger partial charge in [0.15, 0.2) is 0 Å². The largest absolute Gasteiger partial charge is 0.355 e. The van der Waals surface area contributed by atoms with Crippen LogP contribution in [0.3, 0.4) is 0 Å². The molecule has 0 unspecified atom stereocenters. The van der Waals surface area contributed by atoms with Gasteiger partial charge in [-0.25, -0.2) is 0 Å². The molecule has 1 atom stereocenters. The normalized spacial score (nSPS) is 24.6. The molecule has 0 aromatic heterocycles. The van der Waals surface area contributed by atoms with Gasteiger partial charge in [0, 0.05) is 24.1 Å². The molecule has 2 fully saturated rings. The van der Waals surface area contributed by atoms with E-state index in [9.17, 15) is 14.9 Å². The van der Waals surface area contributed by atoms with Crippen molar-refractivity contribution >= 4 is 11.6 Å². The molecule has 1 aromatic rings. The van der Waals surface area contributed by atoms with Crippen LogP contribution in [0.4, 0.5) is 5.69 Å². The van der Waals surface area contributed by atoms with Crippen LogP contribution in [0.1, 0.15) is 37.2 Å². The lowest BCUT2D eigenvalue weighted by atomic mass is 9.72. The fraction of sp³-hybridized carbons (Fsp3) is 0.500. The molecule has 0 bridgehead atoms. The van der Waals surface area contributed by atoms with Crippen molar-refractivity contribution in [2.45, 2.75) is 31.6 Å². The first kappa shape index (κ1) is 12.1. The van der Waals surface area contributed by atoms with Crippen molar-refractivity contribution in [3.63, 3.8) is 0 Å². The first-order valence-corrected chi connectivity index (χ1v) is 6.67. The third kappa shape index (κ3) is 1.72. The number of carbonyl (C=O) groups excluding carboxylic acids is 1. The third-order valence-corrected chi connectivity index (χ3v) is 4.59. The predicted molar refractivity (Wildman–Crippen MR) is 69.7 cm³/mol. The monoisotopic (exact) mass is 260 g/mol. The van der Waals surface area contributed by atoms with Crippen LogP contribution >= 0.6 is 0 Å². The van der Waals surface area contributed by atoms with E-state index >= 15 is 0 Å². The Morgan fingerprint density at radius 3 is 2.63 bits per heavy atom. The van der Waals surface area contributed by atoms with E-state index in [0.717, 1.165) is 25.7 Å². The molecule has 2 aliphatic rings. The van der Waals surface area contributed by atoms with E-state index in [1.54, 1.807) is 12.1 Å². The van der Waals surface area contributed by atoms with E-state index in [2.05, 4.69) is 5.32 Å². The number of hydrogen-bond donors (Lipinski definition) is 1. The molecule has 5 heteroatoms. The summed E-state index contributed by atoms with van der Waals surface area (Å²) in [6, 6.07) is 6.81. The number of nitrogens with one attached hydrogen (secondary N) is 1. The Balaban J connectivity index is 2.07. The fourth-order valence-corrected chi connectivity index (χ4v) is 3.66. The van der Waals surface area contributed by atoms with Crippen molar-refractivity contribution in [3.05, 3.63) is 39.9 Å². The van der Waals surface area contributed by atoms with E-state index < -0.39 is 5.41 Å². The van der Waals surface area contributed by atoms with E-state index in [1.807, 2.05) is 6.07 Å². The maximum Gasteiger partial charge on any atom is 0.272 e. The van der Waals surface area contributed by atoms with Crippen LogP contribution in [0.2, 0.25) is 0 Å². The minimum Gasteiger partial charge on any atom is -0.355 e. The number of carbonyl (C=O) groups is 1. The molecule has 1 amide bonds. The molecule has 100 valence electrons. The molecule has 1 N–H and O–H groups in total. The molecular weight excluding hydrogens is 244 g/mol. The van der Waals surface area contributed by atoms with E-state index in [4.69, 9.17) is 0 Å². The quantitative estimate of drug-likeness (QED) is 0.655. The first-order valence-electron chi connectivity index (χ1n) is 6.67. The number of rotatable bonds is 2. The van der Waals surface area contributed by atoms with E-state index in [1.165, 1.54) is 6.07 Å². The first-order chi connectivity index (χ1) is 9.15. The lowest BCUT2D eigenvalue weighted by Gasteiger charge is -2.27. The summed E-state index contributed by atoms with van der Waals surface area (Å²) in [6.45, 7) is 0.518. The number of hydrogen-bond acceptors (Lipinski definition) is 3. The van der Waals surface area contributed by atoms with E-state index in [0.29, 0.717) is 12.1 Å². The topological polar surface area (TPSA) is 72.2 Å². The summed E-state index contributed by atoms with van der Waals surface area (Å²) in [4.78, 5) is 23.0. The summed E-state index contributed by atoms with van der Waals surface area (Å²) in [5.41, 5.74) is 0.426. The highest BCUT2D eigenvalue weighted by Crippen LogP contribution is 2.52. The number of nitrogens with zero attached hydrogens (tertiary/aromatic N) is 1. The second-order valence-corrected chi connectivity index (χ2v) is 5.44. The average Bonchev–Trinajstić information content (AvgIpc) is 3.00. The second-order valence-electron chi connectivity index (χ2n) is 5.44. The summed E-state index contributed by atoms with van der Waals surface area (Å²) >= 11 is 0. The second kappa shape index (κ2) is 4.33. The molecule has 1 heterocycles. The van der Waals surface area contributed by atoms with Crippen LogP contribution in [0.25, 0.3) is 0 Å². The van der Waals surface area contributed by atoms with Gasteiger partial charge in [0.25, 0.3) is 5.69 Å². The number of benzene rings is 1. The van der Waals surface area contributed by atoms with Crippen LogP contribution in [0, 0.1) is 15.5 Å². The Morgan fingerprint density at radius 2 is 1.95 bits per heavy atom. The molecule has 3 rings (SSSR count).